The number of aryl methyl sites for hydroxylation is 1. The standard InChI is InChI=1S/C29H36N2O9/c1-35-21-12-17(13-22(36-2)26(21)39-5)8-7-11-30-16-19-9-10-20(28(30)33)31(19)29(34)25(32)18-14-23(37-3)27(40-6)24(15-18)38-4/h12-15,19-20H,7-11,16H2,1-6H3. The van der Waals surface area contributed by atoms with E-state index < -0.39 is 17.7 Å². The highest BCUT2D eigenvalue weighted by molar-refractivity contribution is 6.43. The summed E-state index contributed by atoms with van der Waals surface area (Å²) in [7, 11) is 9.04. The third-order valence-electron chi connectivity index (χ3n) is 7.50. The third kappa shape index (κ3) is 5.32. The Bertz CT molecular complexity index is 1230. The summed E-state index contributed by atoms with van der Waals surface area (Å²) in [5.74, 6) is 0.996. The molecule has 11 heteroatoms. The molecule has 2 heterocycles. The van der Waals surface area contributed by atoms with Gasteiger partial charge in [-0.05, 0) is 55.5 Å². The first kappa shape index (κ1) is 28.8. The summed E-state index contributed by atoms with van der Waals surface area (Å²) in [5, 5.41) is 0. The Kier molecular flexibility index (Phi) is 8.91. The van der Waals surface area contributed by atoms with Gasteiger partial charge in [0.2, 0.25) is 17.4 Å². The molecule has 2 fully saturated rings. The molecule has 2 saturated heterocycles. The molecule has 216 valence electrons. The lowest BCUT2D eigenvalue weighted by Crippen LogP contribution is -2.60. The van der Waals surface area contributed by atoms with Crippen LogP contribution >= 0.6 is 0 Å². The minimum atomic E-state index is -0.722. The number of methoxy groups -OCH3 is 6. The number of carbonyl (C=O) groups is 3. The molecule has 0 spiro atoms. The first-order chi connectivity index (χ1) is 19.3. The molecule has 0 saturated carbocycles. The van der Waals surface area contributed by atoms with Gasteiger partial charge in [0.1, 0.15) is 6.04 Å². The van der Waals surface area contributed by atoms with E-state index in [-0.39, 0.29) is 29.0 Å². The molecule has 2 atom stereocenters. The summed E-state index contributed by atoms with van der Waals surface area (Å²) >= 11 is 0. The van der Waals surface area contributed by atoms with E-state index in [4.69, 9.17) is 28.4 Å². The molecule has 2 aromatic rings. The number of ether oxygens (including phenoxy) is 6. The fourth-order valence-corrected chi connectivity index (χ4v) is 5.58. The van der Waals surface area contributed by atoms with E-state index in [1.807, 2.05) is 12.1 Å². The van der Waals surface area contributed by atoms with Crippen molar-refractivity contribution in [1.29, 1.82) is 0 Å². The van der Waals surface area contributed by atoms with Crippen LogP contribution in [0.4, 0.5) is 0 Å². The second kappa shape index (κ2) is 12.4. The lowest BCUT2D eigenvalue weighted by atomic mass is 10.0. The Balaban J connectivity index is 1.43. The van der Waals surface area contributed by atoms with Crippen molar-refractivity contribution in [3.8, 4) is 34.5 Å². The second-order valence-corrected chi connectivity index (χ2v) is 9.62. The zero-order valence-electron chi connectivity index (χ0n) is 23.8. The zero-order valence-corrected chi connectivity index (χ0v) is 23.8. The Morgan fingerprint density at radius 3 is 1.80 bits per heavy atom. The van der Waals surface area contributed by atoms with Gasteiger partial charge in [-0.15, -0.1) is 0 Å². The van der Waals surface area contributed by atoms with Crippen LogP contribution in [0.2, 0.25) is 0 Å². The van der Waals surface area contributed by atoms with Gasteiger partial charge in [0.05, 0.1) is 48.7 Å². The maximum atomic E-state index is 13.4. The maximum absolute atomic E-state index is 13.4. The van der Waals surface area contributed by atoms with Crippen LogP contribution in [0.3, 0.4) is 0 Å². The number of hydrogen-bond acceptors (Lipinski definition) is 9. The zero-order chi connectivity index (χ0) is 29.0. The van der Waals surface area contributed by atoms with Crippen molar-refractivity contribution in [3.05, 3.63) is 35.4 Å². The summed E-state index contributed by atoms with van der Waals surface area (Å²) in [6.07, 6.45) is 2.59. The summed E-state index contributed by atoms with van der Waals surface area (Å²) in [4.78, 5) is 43.3. The van der Waals surface area contributed by atoms with Crippen LogP contribution in [0.25, 0.3) is 0 Å². The number of Topliss-reactive ketones (excluding diaryl/α,β-unsaturated/α-hetero) is 1. The van der Waals surface area contributed by atoms with Crippen molar-refractivity contribution in [3.63, 3.8) is 0 Å². The number of fused-ring (bicyclic) bond motifs is 2. The lowest BCUT2D eigenvalue weighted by molar-refractivity contribution is -0.149. The Hall–Kier alpha value is -4.15. The number of likely N-dealkylation sites (tertiary alicyclic amines) is 1. The van der Waals surface area contributed by atoms with Crippen molar-refractivity contribution in [1.82, 2.24) is 9.80 Å². The number of carbonyl (C=O) groups excluding carboxylic acids is 3. The quantitative estimate of drug-likeness (QED) is 0.288. The van der Waals surface area contributed by atoms with Crippen LogP contribution in [0.5, 0.6) is 34.5 Å². The van der Waals surface area contributed by atoms with Crippen molar-refractivity contribution < 1.29 is 42.8 Å². The average Bonchev–Trinajstić information content (AvgIpc) is 3.33. The normalized spacial score (nSPS) is 17.9. The van der Waals surface area contributed by atoms with E-state index in [9.17, 15) is 14.4 Å². The SMILES string of the molecule is COc1cc(CCCN2CC3CCC(C2=O)N3C(=O)C(=O)c2cc(OC)c(OC)c(OC)c2)cc(OC)c1OC. The molecule has 0 aliphatic carbocycles. The van der Waals surface area contributed by atoms with Gasteiger partial charge >= 0.3 is 0 Å². The van der Waals surface area contributed by atoms with E-state index >= 15 is 0 Å². The number of ketones is 1. The van der Waals surface area contributed by atoms with E-state index in [0.717, 1.165) is 5.56 Å². The number of nitrogens with zero attached hydrogens (tertiary/aromatic N) is 2. The van der Waals surface area contributed by atoms with Crippen LogP contribution in [-0.2, 0) is 16.0 Å². The molecule has 2 aliphatic heterocycles. The minimum Gasteiger partial charge on any atom is -0.493 e. The highest BCUT2D eigenvalue weighted by atomic mass is 16.5. The van der Waals surface area contributed by atoms with Crippen LogP contribution in [0.15, 0.2) is 24.3 Å². The average molecular weight is 557 g/mol. The van der Waals surface area contributed by atoms with Gasteiger partial charge in [-0.3, -0.25) is 14.4 Å². The monoisotopic (exact) mass is 556 g/mol. The summed E-state index contributed by atoms with van der Waals surface area (Å²) in [5.41, 5.74) is 1.11. The number of benzene rings is 2. The maximum Gasteiger partial charge on any atom is 0.295 e. The van der Waals surface area contributed by atoms with Crippen LogP contribution in [0.1, 0.15) is 35.2 Å². The van der Waals surface area contributed by atoms with E-state index in [0.29, 0.717) is 61.8 Å². The molecule has 0 aromatic heterocycles. The van der Waals surface area contributed by atoms with Crippen molar-refractivity contribution in [2.75, 3.05) is 55.7 Å². The fourth-order valence-electron chi connectivity index (χ4n) is 5.58. The van der Waals surface area contributed by atoms with Gasteiger partial charge in [-0.1, -0.05) is 0 Å². The molecule has 2 bridgehead atoms. The molecule has 11 nitrogen and oxygen atoms in total. The fraction of sp³-hybridized carbons (Fsp3) is 0.483. The van der Waals surface area contributed by atoms with Gasteiger partial charge in [0.25, 0.3) is 11.7 Å². The highest BCUT2D eigenvalue weighted by Crippen LogP contribution is 2.40. The van der Waals surface area contributed by atoms with E-state index in [1.54, 1.807) is 26.2 Å². The van der Waals surface area contributed by atoms with E-state index in [2.05, 4.69) is 0 Å². The van der Waals surface area contributed by atoms with Crippen molar-refractivity contribution in [2.24, 2.45) is 0 Å². The van der Waals surface area contributed by atoms with Crippen molar-refractivity contribution >= 4 is 17.6 Å². The largest absolute Gasteiger partial charge is 0.493 e. The minimum absolute atomic E-state index is 0.110. The Morgan fingerprint density at radius 1 is 0.775 bits per heavy atom. The smallest absolute Gasteiger partial charge is 0.295 e. The van der Waals surface area contributed by atoms with Crippen LogP contribution in [0, 0.1) is 0 Å². The van der Waals surface area contributed by atoms with Gasteiger partial charge in [-0.25, -0.2) is 0 Å². The van der Waals surface area contributed by atoms with Crippen LogP contribution in [-0.4, -0.2) is 95.2 Å². The topological polar surface area (TPSA) is 113 Å². The lowest BCUT2D eigenvalue weighted by Gasteiger charge is -2.40. The number of piperazine rings is 1. The van der Waals surface area contributed by atoms with Crippen molar-refractivity contribution in [2.45, 2.75) is 37.8 Å². The third-order valence-corrected chi connectivity index (χ3v) is 7.50. The number of amides is 2. The number of hydrogen-bond donors (Lipinski definition) is 0. The van der Waals surface area contributed by atoms with Crippen LogP contribution < -0.4 is 28.4 Å². The van der Waals surface area contributed by atoms with Gasteiger partial charge in [0.15, 0.2) is 23.0 Å². The molecular formula is C29H36N2O9. The number of rotatable bonds is 12. The molecule has 40 heavy (non-hydrogen) atoms. The summed E-state index contributed by atoms with van der Waals surface area (Å²) in [6, 6.07) is 5.83. The van der Waals surface area contributed by atoms with E-state index in [1.165, 1.54) is 38.4 Å². The second-order valence-electron chi connectivity index (χ2n) is 9.62. The first-order valence-electron chi connectivity index (χ1n) is 13.1. The van der Waals surface area contributed by atoms with Gasteiger partial charge < -0.3 is 38.2 Å². The summed E-state index contributed by atoms with van der Waals surface area (Å²) in [6.45, 7) is 0.921. The molecule has 2 unspecified atom stereocenters. The molecule has 2 aliphatic rings. The Labute approximate surface area is 233 Å². The van der Waals surface area contributed by atoms with Gasteiger partial charge in [-0.2, -0.15) is 0 Å². The molecular weight excluding hydrogens is 520 g/mol. The molecule has 2 aromatic carbocycles. The predicted molar refractivity (Wildman–Crippen MR) is 145 cm³/mol. The van der Waals surface area contributed by atoms with Gasteiger partial charge in [0, 0.05) is 18.7 Å². The Morgan fingerprint density at radius 2 is 1.30 bits per heavy atom. The summed E-state index contributed by atoms with van der Waals surface area (Å²) < 4.78 is 32.2. The highest BCUT2D eigenvalue weighted by Gasteiger charge is 2.49. The molecule has 4 rings (SSSR count). The molecule has 2 amide bonds. The molecule has 0 radical (unpaired) electrons. The predicted octanol–water partition coefficient (Wildman–Crippen LogP) is 2.76. The first-order valence-corrected chi connectivity index (χ1v) is 13.1. The molecule has 0 N–H and O–H groups in total.